The molecule has 0 saturated carbocycles. The van der Waals surface area contributed by atoms with E-state index in [1.165, 1.54) is 0 Å². The lowest BCUT2D eigenvalue weighted by Crippen LogP contribution is -2.21. The van der Waals surface area contributed by atoms with Gasteiger partial charge < -0.3 is 0 Å². The summed E-state index contributed by atoms with van der Waals surface area (Å²) in [5.74, 6) is 0.828. The maximum Gasteiger partial charge on any atom is 0.0491 e. The van der Waals surface area contributed by atoms with Crippen LogP contribution >= 0.6 is 0 Å². The van der Waals surface area contributed by atoms with Gasteiger partial charge in [-0.2, -0.15) is 0 Å². The minimum atomic E-state index is 0.349. The van der Waals surface area contributed by atoms with Crippen molar-refractivity contribution in [1.82, 2.24) is 0 Å². The maximum atomic E-state index is 4.50. The van der Waals surface area contributed by atoms with Crippen LogP contribution in [0, 0.1) is 11.8 Å². The van der Waals surface area contributed by atoms with E-state index in [2.05, 4.69) is 55.0 Å². The van der Waals surface area contributed by atoms with E-state index < -0.39 is 0 Å². The predicted molar refractivity (Wildman–Crippen MR) is 82.0 cm³/mol. The van der Waals surface area contributed by atoms with Crippen LogP contribution in [0.4, 0.5) is 0 Å². The van der Waals surface area contributed by atoms with Crippen LogP contribution in [0.3, 0.4) is 0 Å². The zero-order chi connectivity index (χ0) is 13.5. The van der Waals surface area contributed by atoms with Gasteiger partial charge >= 0.3 is 0 Å². The summed E-state index contributed by atoms with van der Waals surface area (Å²) >= 11 is 0. The summed E-state index contributed by atoms with van der Waals surface area (Å²) in [5.41, 5.74) is 3.33. The molecule has 0 amide bonds. The molecule has 2 atom stereocenters. The van der Waals surface area contributed by atoms with Crippen molar-refractivity contribution in [2.24, 2.45) is 16.8 Å². The monoisotopic (exact) mass is 241 g/mol. The summed E-state index contributed by atoms with van der Waals surface area (Å²) in [6.07, 6.45) is 14.9. The van der Waals surface area contributed by atoms with Crippen LogP contribution in [0.5, 0.6) is 0 Å². The normalized spacial score (nSPS) is 24.9. The Morgan fingerprint density at radius 1 is 1.28 bits per heavy atom. The Labute approximate surface area is 111 Å². The molecule has 0 heterocycles. The van der Waals surface area contributed by atoms with Gasteiger partial charge in [0.25, 0.3) is 0 Å². The van der Waals surface area contributed by atoms with Crippen molar-refractivity contribution < 1.29 is 0 Å². The van der Waals surface area contributed by atoms with Crippen LogP contribution in [-0.2, 0) is 0 Å². The van der Waals surface area contributed by atoms with Gasteiger partial charge in [0.15, 0.2) is 0 Å². The molecule has 0 N–H and O–H groups in total. The van der Waals surface area contributed by atoms with E-state index in [0.29, 0.717) is 11.8 Å². The second-order valence-electron chi connectivity index (χ2n) is 4.71. The Kier molecular flexibility index (Phi) is 5.57. The van der Waals surface area contributed by atoms with Gasteiger partial charge in [0.1, 0.15) is 0 Å². The molecule has 1 aliphatic carbocycles. The van der Waals surface area contributed by atoms with E-state index in [0.717, 1.165) is 16.9 Å². The molecule has 0 aliphatic heterocycles. The van der Waals surface area contributed by atoms with Crippen LogP contribution < -0.4 is 0 Å². The smallest absolute Gasteiger partial charge is 0.0491 e. The van der Waals surface area contributed by atoms with Crippen LogP contribution in [0.1, 0.15) is 20.8 Å². The molecule has 18 heavy (non-hydrogen) atoms. The largest absolute Gasteiger partial charge is 0.292 e. The van der Waals surface area contributed by atoms with Crippen molar-refractivity contribution in [1.29, 1.82) is 0 Å². The summed E-state index contributed by atoms with van der Waals surface area (Å²) in [6, 6.07) is 0. The first-order valence-corrected chi connectivity index (χ1v) is 6.42. The Balaban J connectivity index is 3.12. The quantitative estimate of drug-likeness (QED) is 0.507. The molecular weight excluding hydrogens is 218 g/mol. The first-order chi connectivity index (χ1) is 8.60. The molecule has 0 bridgehead atoms. The van der Waals surface area contributed by atoms with E-state index in [9.17, 15) is 0 Å². The molecule has 0 fully saturated rings. The molecule has 1 aliphatic rings. The summed E-state index contributed by atoms with van der Waals surface area (Å²) in [6.45, 7) is 10.2. The van der Waals surface area contributed by atoms with Crippen molar-refractivity contribution in [2.75, 3.05) is 7.05 Å². The van der Waals surface area contributed by atoms with Crippen molar-refractivity contribution in [2.45, 2.75) is 20.8 Å². The highest BCUT2D eigenvalue weighted by Gasteiger charge is 2.21. The Bertz CT molecular complexity index is 444. The Hall–Kier alpha value is -1.63. The van der Waals surface area contributed by atoms with Crippen molar-refractivity contribution in [3.63, 3.8) is 0 Å². The summed E-state index contributed by atoms with van der Waals surface area (Å²) < 4.78 is 0. The standard InChI is InChI=1S/C17H23N/c1-6-9-15(12-13(2)3)17(18-5)16-11-8-7-10-14(16)4/h6-12,14,16H,2H2,1,3-5H3/b9-6-,15-12+,18-17?. The number of hydrogen-bond acceptors (Lipinski definition) is 1. The van der Waals surface area contributed by atoms with E-state index in [1.54, 1.807) is 0 Å². The van der Waals surface area contributed by atoms with Gasteiger partial charge in [-0.1, -0.05) is 61.6 Å². The highest BCUT2D eigenvalue weighted by Crippen LogP contribution is 2.25. The third-order valence-electron chi connectivity index (χ3n) is 3.01. The molecule has 1 rings (SSSR count). The first kappa shape index (κ1) is 14.4. The molecule has 1 heteroatoms. The van der Waals surface area contributed by atoms with E-state index in [-0.39, 0.29) is 0 Å². The predicted octanol–water partition coefficient (Wildman–Crippen LogP) is 4.51. The number of nitrogens with zero attached hydrogens (tertiary/aromatic N) is 1. The van der Waals surface area contributed by atoms with Gasteiger partial charge in [-0.05, 0) is 25.3 Å². The third-order valence-corrected chi connectivity index (χ3v) is 3.01. The Morgan fingerprint density at radius 2 is 1.94 bits per heavy atom. The van der Waals surface area contributed by atoms with Crippen LogP contribution in [0.2, 0.25) is 0 Å². The molecular formula is C17H23N. The average molecular weight is 241 g/mol. The zero-order valence-electron chi connectivity index (χ0n) is 11.9. The SMILES string of the molecule is C=C(C)/C=C(\C=C/C)C(=NC)C1C=CC=CC1C. The van der Waals surface area contributed by atoms with Gasteiger partial charge in [0, 0.05) is 18.7 Å². The first-order valence-electron chi connectivity index (χ1n) is 6.42. The van der Waals surface area contributed by atoms with Gasteiger partial charge in [0.2, 0.25) is 0 Å². The van der Waals surface area contributed by atoms with Crippen molar-refractivity contribution in [3.05, 3.63) is 60.3 Å². The lowest BCUT2D eigenvalue weighted by atomic mass is 9.82. The fourth-order valence-electron chi connectivity index (χ4n) is 2.18. The number of aliphatic imine (C=N–C) groups is 1. The third kappa shape index (κ3) is 3.69. The lowest BCUT2D eigenvalue weighted by molar-refractivity contribution is 0.635. The highest BCUT2D eigenvalue weighted by atomic mass is 14.7. The summed E-state index contributed by atoms with van der Waals surface area (Å²) in [5, 5.41) is 0. The molecule has 0 spiro atoms. The molecule has 96 valence electrons. The number of rotatable bonds is 4. The average Bonchev–Trinajstić information content (AvgIpc) is 2.32. The molecule has 0 aromatic rings. The molecule has 0 aromatic heterocycles. The second-order valence-corrected chi connectivity index (χ2v) is 4.71. The summed E-state index contributed by atoms with van der Waals surface area (Å²) in [4.78, 5) is 4.50. The molecule has 1 nitrogen and oxygen atoms in total. The lowest BCUT2D eigenvalue weighted by Gasteiger charge is -2.23. The van der Waals surface area contributed by atoms with Gasteiger partial charge in [-0.3, -0.25) is 4.99 Å². The van der Waals surface area contributed by atoms with E-state index in [1.807, 2.05) is 27.0 Å². The van der Waals surface area contributed by atoms with Crippen molar-refractivity contribution >= 4 is 5.71 Å². The van der Waals surface area contributed by atoms with E-state index >= 15 is 0 Å². The van der Waals surface area contributed by atoms with Crippen LogP contribution in [0.25, 0.3) is 0 Å². The molecule has 0 radical (unpaired) electrons. The second kappa shape index (κ2) is 6.95. The number of allylic oxidation sites excluding steroid dienone is 9. The van der Waals surface area contributed by atoms with Gasteiger partial charge in [0.05, 0.1) is 0 Å². The van der Waals surface area contributed by atoms with Gasteiger partial charge in [-0.25, -0.2) is 0 Å². The topological polar surface area (TPSA) is 12.4 Å². The van der Waals surface area contributed by atoms with Gasteiger partial charge in [-0.15, -0.1) is 0 Å². The minimum Gasteiger partial charge on any atom is -0.292 e. The zero-order valence-corrected chi connectivity index (χ0v) is 11.9. The Morgan fingerprint density at radius 3 is 2.44 bits per heavy atom. The fourth-order valence-corrected chi connectivity index (χ4v) is 2.18. The molecule has 2 unspecified atom stereocenters. The molecule has 0 aromatic carbocycles. The van der Waals surface area contributed by atoms with Crippen molar-refractivity contribution in [3.8, 4) is 0 Å². The molecule has 0 saturated heterocycles. The maximum absolute atomic E-state index is 4.50. The van der Waals surface area contributed by atoms with E-state index in [4.69, 9.17) is 0 Å². The number of hydrogen-bond donors (Lipinski definition) is 0. The van der Waals surface area contributed by atoms with Crippen LogP contribution in [0.15, 0.2) is 65.2 Å². The highest BCUT2D eigenvalue weighted by molar-refractivity contribution is 6.05. The minimum absolute atomic E-state index is 0.349. The summed E-state index contributed by atoms with van der Waals surface area (Å²) in [7, 11) is 1.87. The fraction of sp³-hybridized carbons (Fsp3) is 0.353. The van der Waals surface area contributed by atoms with Crippen LogP contribution in [-0.4, -0.2) is 12.8 Å².